The average Bonchev–Trinajstić information content (AvgIpc) is 3.01. The number of ether oxygens (including phenoxy) is 4. The molecular formula is C22H42O21. The third-order valence-electron chi connectivity index (χ3n) is 6.52. The summed E-state index contributed by atoms with van der Waals surface area (Å²) in [5.41, 5.74) is 0. The molecule has 3 heterocycles. The van der Waals surface area contributed by atoms with Crippen LogP contribution >= 0.6 is 0 Å². The van der Waals surface area contributed by atoms with Crippen LogP contribution in [0.4, 0.5) is 0 Å². The van der Waals surface area contributed by atoms with Crippen molar-refractivity contribution in [1.82, 2.24) is 0 Å². The van der Waals surface area contributed by atoms with Gasteiger partial charge in [0.1, 0.15) is 85.5 Å². The SMILES string of the molecule is O=C[C@H](O)[C@@H](O)[C@@H](O)CO.OC1OC[C@@H](O)[C@H](O)[C@H]1O.OC[C@H]1O[C@H](O[C@H]2[C@H](O)[C@@H](O)[C@H](O)O[C@@H]2CO)[C@H](O)[C@@H](O)[C@@H]1O. The fraction of sp³-hybridized carbons (Fsp3) is 0.955. The lowest BCUT2D eigenvalue weighted by molar-refractivity contribution is -0.355. The second-order valence-electron chi connectivity index (χ2n) is 9.67. The van der Waals surface area contributed by atoms with E-state index in [9.17, 15) is 40.5 Å². The maximum absolute atomic E-state index is 9.94. The lowest BCUT2D eigenvalue weighted by atomic mass is 9.97. The molecule has 0 spiro atoms. The highest BCUT2D eigenvalue weighted by atomic mass is 16.7. The number of hydrogen-bond acceptors (Lipinski definition) is 21. The highest BCUT2D eigenvalue weighted by Gasteiger charge is 2.50. The molecule has 0 saturated carbocycles. The lowest BCUT2D eigenvalue weighted by Gasteiger charge is -2.45. The minimum Gasteiger partial charge on any atom is -0.394 e. The van der Waals surface area contributed by atoms with E-state index < -0.39 is 124 Å². The Morgan fingerprint density at radius 3 is 1.72 bits per heavy atom. The van der Waals surface area contributed by atoms with Gasteiger partial charge < -0.3 is 105 Å². The Hall–Kier alpha value is -1.13. The van der Waals surface area contributed by atoms with Crippen molar-refractivity contribution in [3.63, 3.8) is 0 Å². The Morgan fingerprint density at radius 2 is 1.23 bits per heavy atom. The van der Waals surface area contributed by atoms with Gasteiger partial charge in [0, 0.05) is 0 Å². The molecule has 0 bridgehead atoms. The van der Waals surface area contributed by atoms with Gasteiger partial charge >= 0.3 is 0 Å². The molecule has 43 heavy (non-hydrogen) atoms. The predicted octanol–water partition coefficient (Wildman–Crippen LogP) is -10.7. The van der Waals surface area contributed by atoms with Gasteiger partial charge in [0.2, 0.25) is 0 Å². The molecule has 21 heteroatoms. The summed E-state index contributed by atoms with van der Waals surface area (Å²) in [5, 5.41) is 146. The summed E-state index contributed by atoms with van der Waals surface area (Å²) in [7, 11) is 0. The summed E-state index contributed by atoms with van der Waals surface area (Å²) in [6.07, 6.45) is -25.4. The molecule has 256 valence electrons. The van der Waals surface area contributed by atoms with Gasteiger partial charge in [-0.25, -0.2) is 0 Å². The van der Waals surface area contributed by atoms with Crippen LogP contribution in [0.2, 0.25) is 0 Å². The van der Waals surface area contributed by atoms with E-state index in [2.05, 4.69) is 4.74 Å². The number of carbonyl (C=O) groups is 1. The summed E-state index contributed by atoms with van der Waals surface area (Å²) in [6.45, 7) is -2.19. The van der Waals surface area contributed by atoms with Crippen molar-refractivity contribution in [2.45, 2.75) is 104 Å². The standard InChI is InChI=1S/C12H22O11.2C5H10O5/c13-1-3-5(15)6(16)9(19)12(22-3)23-10-4(2-14)21-11(20)8(18)7(10)17;6-2-1-10-5(9)4(8)3(2)7;6-1-3(8)5(10)4(9)2-7/h3-20H,1-2H2;2-9H,1H2;1,3-5,7-10H,2H2/t3-,4-,5-,6+,7-,8-,9-,10-,11-,12-;2-,3+,4-,5?;3-,4-,5+/m110/s1. The number of hydrogen-bond donors (Lipinski definition) is 16. The van der Waals surface area contributed by atoms with Gasteiger partial charge in [-0.15, -0.1) is 0 Å². The monoisotopic (exact) mass is 642 g/mol. The van der Waals surface area contributed by atoms with Crippen LogP contribution in [0, 0.1) is 0 Å². The molecule has 3 aliphatic rings. The summed E-state index contributed by atoms with van der Waals surface area (Å²) >= 11 is 0. The summed E-state index contributed by atoms with van der Waals surface area (Å²) in [4.78, 5) is 9.76. The normalized spacial score (nSPS) is 43.6. The highest BCUT2D eigenvalue weighted by molar-refractivity contribution is 5.56. The van der Waals surface area contributed by atoms with Crippen LogP contribution < -0.4 is 0 Å². The molecule has 3 rings (SSSR count). The molecule has 0 aromatic rings. The van der Waals surface area contributed by atoms with Gasteiger partial charge in [-0.2, -0.15) is 0 Å². The molecule has 0 radical (unpaired) electrons. The van der Waals surface area contributed by atoms with Crippen LogP contribution in [0.15, 0.2) is 0 Å². The van der Waals surface area contributed by atoms with Gasteiger partial charge in [0.05, 0.1) is 26.4 Å². The summed E-state index contributed by atoms with van der Waals surface area (Å²) in [6, 6.07) is 0. The van der Waals surface area contributed by atoms with Crippen LogP contribution in [0.1, 0.15) is 0 Å². The first kappa shape index (κ1) is 39.9. The molecular weight excluding hydrogens is 600 g/mol. The lowest BCUT2D eigenvalue weighted by Crippen LogP contribution is -2.64. The number of aliphatic hydroxyl groups excluding tert-OH is 16. The van der Waals surface area contributed by atoms with E-state index in [4.69, 9.17) is 60.2 Å². The molecule has 0 aromatic heterocycles. The maximum atomic E-state index is 9.94. The second kappa shape index (κ2) is 18.7. The first-order valence-corrected chi connectivity index (χ1v) is 12.8. The topological polar surface area (TPSA) is 378 Å². The van der Waals surface area contributed by atoms with Crippen molar-refractivity contribution in [2.75, 3.05) is 26.4 Å². The van der Waals surface area contributed by atoms with Gasteiger partial charge in [0.25, 0.3) is 0 Å². The van der Waals surface area contributed by atoms with Gasteiger partial charge in [0.15, 0.2) is 25.2 Å². The van der Waals surface area contributed by atoms with Crippen LogP contribution in [0.25, 0.3) is 0 Å². The highest BCUT2D eigenvalue weighted by Crippen LogP contribution is 2.28. The zero-order chi connectivity index (χ0) is 33.2. The van der Waals surface area contributed by atoms with Crippen molar-refractivity contribution < 1.29 is 105 Å². The third kappa shape index (κ3) is 10.7. The van der Waals surface area contributed by atoms with Crippen molar-refractivity contribution in [3.8, 4) is 0 Å². The van der Waals surface area contributed by atoms with E-state index in [1.165, 1.54) is 0 Å². The minimum atomic E-state index is -1.74. The van der Waals surface area contributed by atoms with Crippen LogP contribution in [-0.4, -0.2) is 219 Å². The van der Waals surface area contributed by atoms with Crippen molar-refractivity contribution in [1.29, 1.82) is 0 Å². The summed E-state index contributed by atoms with van der Waals surface area (Å²) < 4.78 is 19.7. The Morgan fingerprint density at radius 1 is 0.674 bits per heavy atom. The zero-order valence-corrected chi connectivity index (χ0v) is 22.4. The van der Waals surface area contributed by atoms with Crippen molar-refractivity contribution >= 4 is 6.29 Å². The van der Waals surface area contributed by atoms with E-state index in [0.29, 0.717) is 0 Å². The first-order chi connectivity index (χ1) is 20.1. The molecule has 17 atom stereocenters. The summed E-state index contributed by atoms with van der Waals surface area (Å²) in [5.74, 6) is 0. The van der Waals surface area contributed by atoms with E-state index in [0.717, 1.165) is 0 Å². The Kier molecular flexibility index (Phi) is 17.4. The number of aliphatic hydroxyl groups is 16. The van der Waals surface area contributed by atoms with Gasteiger partial charge in [-0.3, -0.25) is 0 Å². The van der Waals surface area contributed by atoms with Crippen molar-refractivity contribution in [3.05, 3.63) is 0 Å². The average molecular weight is 643 g/mol. The molecule has 3 fully saturated rings. The van der Waals surface area contributed by atoms with Gasteiger partial charge in [-0.1, -0.05) is 0 Å². The Bertz CT molecular complexity index is 761. The molecule has 0 aromatic carbocycles. The third-order valence-corrected chi connectivity index (χ3v) is 6.52. The van der Waals surface area contributed by atoms with E-state index in [1.807, 2.05) is 0 Å². The first-order valence-electron chi connectivity index (χ1n) is 12.8. The Labute approximate surface area is 243 Å². The quantitative estimate of drug-likeness (QED) is 0.109. The van der Waals surface area contributed by atoms with E-state index in [1.54, 1.807) is 0 Å². The zero-order valence-electron chi connectivity index (χ0n) is 22.4. The van der Waals surface area contributed by atoms with Crippen LogP contribution in [0.5, 0.6) is 0 Å². The van der Waals surface area contributed by atoms with Crippen LogP contribution in [-0.2, 0) is 23.7 Å². The smallest absolute Gasteiger partial charge is 0.187 e. The Balaban J connectivity index is 0.000000382. The minimum absolute atomic E-state index is 0.0869. The number of aldehydes is 1. The molecule has 1 unspecified atom stereocenters. The fourth-order valence-corrected chi connectivity index (χ4v) is 3.78. The fourth-order valence-electron chi connectivity index (χ4n) is 3.78. The molecule has 0 aliphatic carbocycles. The second-order valence-corrected chi connectivity index (χ2v) is 9.67. The molecule has 0 amide bonds. The van der Waals surface area contributed by atoms with Crippen LogP contribution in [0.3, 0.4) is 0 Å². The number of carbonyl (C=O) groups excluding carboxylic acids is 1. The van der Waals surface area contributed by atoms with Gasteiger partial charge in [-0.05, 0) is 0 Å². The predicted molar refractivity (Wildman–Crippen MR) is 130 cm³/mol. The maximum Gasteiger partial charge on any atom is 0.187 e. The molecule has 3 saturated heterocycles. The molecule has 3 aliphatic heterocycles. The molecule has 16 N–H and O–H groups in total. The number of rotatable bonds is 8. The van der Waals surface area contributed by atoms with E-state index >= 15 is 0 Å². The van der Waals surface area contributed by atoms with E-state index in [-0.39, 0.29) is 12.9 Å². The molecule has 21 nitrogen and oxygen atoms in total. The van der Waals surface area contributed by atoms with Crippen molar-refractivity contribution in [2.24, 2.45) is 0 Å². The largest absolute Gasteiger partial charge is 0.394 e.